The number of ether oxygens (including phenoxy) is 1. The van der Waals surface area contributed by atoms with Gasteiger partial charge in [0.05, 0.1) is 19.3 Å². The van der Waals surface area contributed by atoms with Crippen molar-refractivity contribution in [1.82, 2.24) is 4.90 Å². The summed E-state index contributed by atoms with van der Waals surface area (Å²) in [5, 5.41) is 8.90. The lowest BCUT2D eigenvalue weighted by Gasteiger charge is -2.33. The van der Waals surface area contributed by atoms with Gasteiger partial charge in [0, 0.05) is 25.6 Å². The molecule has 1 aliphatic heterocycles. The highest BCUT2D eigenvalue weighted by molar-refractivity contribution is 5.78. The van der Waals surface area contributed by atoms with Crippen molar-refractivity contribution in [2.45, 2.75) is 13.0 Å². The standard InChI is InChI=1S/C9H18N2O3/c1-7(4-10)9(13)11-2-3-14-8(5-11)6-12/h7-8,12H,2-6,10H2,1H3. The first-order valence-electron chi connectivity index (χ1n) is 4.90. The monoisotopic (exact) mass is 202 g/mol. The molecule has 1 heterocycles. The molecular weight excluding hydrogens is 184 g/mol. The molecule has 0 bridgehead atoms. The van der Waals surface area contributed by atoms with Gasteiger partial charge in [-0.3, -0.25) is 4.79 Å². The van der Waals surface area contributed by atoms with Gasteiger partial charge >= 0.3 is 0 Å². The van der Waals surface area contributed by atoms with E-state index in [0.29, 0.717) is 26.2 Å². The zero-order valence-electron chi connectivity index (χ0n) is 8.48. The number of nitrogens with zero attached hydrogens (tertiary/aromatic N) is 1. The summed E-state index contributed by atoms with van der Waals surface area (Å²) in [7, 11) is 0. The molecular formula is C9H18N2O3. The van der Waals surface area contributed by atoms with Gasteiger partial charge in [0.25, 0.3) is 0 Å². The summed E-state index contributed by atoms with van der Waals surface area (Å²) in [6, 6.07) is 0. The Morgan fingerprint density at radius 2 is 2.50 bits per heavy atom. The smallest absolute Gasteiger partial charge is 0.226 e. The molecule has 1 fully saturated rings. The summed E-state index contributed by atoms with van der Waals surface area (Å²) in [5.41, 5.74) is 5.42. The van der Waals surface area contributed by atoms with Crippen LogP contribution in [0.1, 0.15) is 6.92 Å². The first kappa shape index (κ1) is 11.4. The molecule has 1 aliphatic rings. The van der Waals surface area contributed by atoms with E-state index in [4.69, 9.17) is 15.6 Å². The summed E-state index contributed by atoms with van der Waals surface area (Å²) in [6.45, 7) is 3.69. The minimum atomic E-state index is -0.238. The summed E-state index contributed by atoms with van der Waals surface area (Å²) >= 11 is 0. The van der Waals surface area contributed by atoms with E-state index in [2.05, 4.69) is 0 Å². The van der Waals surface area contributed by atoms with Crippen LogP contribution >= 0.6 is 0 Å². The molecule has 3 N–H and O–H groups in total. The maximum Gasteiger partial charge on any atom is 0.226 e. The Morgan fingerprint density at radius 1 is 1.79 bits per heavy atom. The zero-order chi connectivity index (χ0) is 10.6. The van der Waals surface area contributed by atoms with Crippen molar-refractivity contribution in [3.63, 3.8) is 0 Å². The van der Waals surface area contributed by atoms with E-state index < -0.39 is 0 Å². The van der Waals surface area contributed by atoms with Crippen molar-refractivity contribution in [3.05, 3.63) is 0 Å². The Morgan fingerprint density at radius 3 is 3.07 bits per heavy atom. The molecule has 0 aromatic carbocycles. The number of rotatable bonds is 3. The quantitative estimate of drug-likeness (QED) is 0.603. The lowest BCUT2D eigenvalue weighted by Crippen LogP contribution is -2.49. The van der Waals surface area contributed by atoms with Crippen LogP contribution in [-0.2, 0) is 9.53 Å². The van der Waals surface area contributed by atoms with Gasteiger partial charge in [-0.15, -0.1) is 0 Å². The van der Waals surface area contributed by atoms with E-state index in [-0.39, 0.29) is 24.5 Å². The number of hydrogen-bond donors (Lipinski definition) is 2. The van der Waals surface area contributed by atoms with Crippen molar-refractivity contribution in [2.24, 2.45) is 11.7 Å². The Labute approximate surface area is 83.8 Å². The topological polar surface area (TPSA) is 75.8 Å². The zero-order valence-corrected chi connectivity index (χ0v) is 8.48. The summed E-state index contributed by atoms with van der Waals surface area (Å²) in [6.07, 6.45) is -0.238. The third-order valence-corrected chi connectivity index (χ3v) is 2.43. The van der Waals surface area contributed by atoms with Crippen LogP contribution in [0, 0.1) is 5.92 Å². The van der Waals surface area contributed by atoms with Crippen LogP contribution in [0.15, 0.2) is 0 Å². The maximum absolute atomic E-state index is 11.7. The normalized spacial score (nSPS) is 24.8. The van der Waals surface area contributed by atoms with Crippen LogP contribution in [0.2, 0.25) is 0 Å². The van der Waals surface area contributed by atoms with E-state index in [1.807, 2.05) is 6.92 Å². The number of aliphatic hydroxyl groups is 1. The van der Waals surface area contributed by atoms with Crippen molar-refractivity contribution in [3.8, 4) is 0 Å². The van der Waals surface area contributed by atoms with Crippen molar-refractivity contribution >= 4 is 5.91 Å². The van der Waals surface area contributed by atoms with Gasteiger partial charge in [0.15, 0.2) is 0 Å². The lowest BCUT2D eigenvalue weighted by molar-refractivity contribution is -0.143. The molecule has 5 heteroatoms. The molecule has 0 saturated carbocycles. The summed E-state index contributed by atoms with van der Waals surface area (Å²) in [4.78, 5) is 13.4. The summed E-state index contributed by atoms with van der Waals surface area (Å²) in [5.74, 6) is -0.0957. The molecule has 0 radical (unpaired) electrons. The molecule has 0 aromatic heterocycles. The first-order valence-corrected chi connectivity index (χ1v) is 4.90. The van der Waals surface area contributed by atoms with Gasteiger partial charge in [-0.25, -0.2) is 0 Å². The third kappa shape index (κ3) is 2.67. The number of amides is 1. The first-order chi connectivity index (χ1) is 6.69. The fraction of sp³-hybridized carbons (Fsp3) is 0.889. The average molecular weight is 202 g/mol. The molecule has 14 heavy (non-hydrogen) atoms. The van der Waals surface area contributed by atoms with Crippen LogP contribution in [0.25, 0.3) is 0 Å². The van der Waals surface area contributed by atoms with Crippen LogP contribution < -0.4 is 5.73 Å². The molecule has 0 spiro atoms. The molecule has 82 valence electrons. The van der Waals surface area contributed by atoms with E-state index in [1.54, 1.807) is 4.90 Å². The molecule has 1 amide bonds. The number of aliphatic hydroxyl groups excluding tert-OH is 1. The van der Waals surface area contributed by atoms with Crippen LogP contribution in [0.5, 0.6) is 0 Å². The molecule has 2 unspecified atom stereocenters. The van der Waals surface area contributed by atoms with Crippen LogP contribution in [-0.4, -0.2) is 54.9 Å². The number of carbonyl (C=O) groups excluding carboxylic acids is 1. The van der Waals surface area contributed by atoms with Gasteiger partial charge in [0.1, 0.15) is 0 Å². The molecule has 5 nitrogen and oxygen atoms in total. The average Bonchev–Trinajstić information content (AvgIpc) is 2.27. The molecule has 1 rings (SSSR count). The predicted octanol–water partition coefficient (Wildman–Crippen LogP) is -1.20. The van der Waals surface area contributed by atoms with Crippen molar-refractivity contribution in [1.29, 1.82) is 0 Å². The Kier molecular flexibility index (Phi) is 4.31. The van der Waals surface area contributed by atoms with Gasteiger partial charge in [-0.2, -0.15) is 0 Å². The van der Waals surface area contributed by atoms with Crippen LogP contribution in [0.4, 0.5) is 0 Å². The molecule has 0 aliphatic carbocycles. The second kappa shape index (κ2) is 5.29. The SMILES string of the molecule is CC(CN)C(=O)N1CCOC(CO)C1. The van der Waals surface area contributed by atoms with Gasteiger partial charge in [0.2, 0.25) is 5.91 Å². The second-order valence-electron chi connectivity index (χ2n) is 3.60. The number of nitrogens with two attached hydrogens (primary N) is 1. The second-order valence-corrected chi connectivity index (χ2v) is 3.60. The fourth-order valence-electron chi connectivity index (χ4n) is 1.44. The Hall–Kier alpha value is -0.650. The molecule has 2 atom stereocenters. The highest BCUT2D eigenvalue weighted by Crippen LogP contribution is 2.08. The van der Waals surface area contributed by atoms with Gasteiger partial charge in [-0.1, -0.05) is 6.92 Å². The Bertz CT molecular complexity index is 198. The fourth-order valence-corrected chi connectivity index (χ4v) is 1.44. The number of morpholine rings is 1. The van der Waals surface area contributed by atoms with Crippen LogP contribution in [0.3, 0.4) is 0 Å². The van der Waals surface area contributed by atoms with Crippen molar-refractivity contribution in [2.75, 3.05) is 32.8 Å². The largest absolute Gasteiger partial charge is 0.394 e. The molecule has 0 aromatic rings. The van der Waals surface area contributed by atoms with E-state index in [1.165, 1.54) is 0 Å². The van der Waals surface area contributed by atoms with E-state index in [0.717, 1.165) is 0 Å². The van der Waals surface area contributed by atoms with E-state index in [9.17, 15) is 4.79 Å². The minimum Gasteiger partial charge on any atom is -0.394 e. The number of hydrogen-bond acceptors (Lipinski definition) is 4. The molecule has 1 saturated heterocycles. The minimum absolute atomic E-state index is 0.0409. The number of carbonyl (C=O) groups is 1. The summed E-state index contributed by atoms with van der Waals surface area (Å²) < 4.78 is 5.25. The third-order valence-electron chi connectivity index (χ3n) is 2.43. The predicted molar refractivity (Wildman–Crippen MR) is 51.6 cm³/mol. The van der Waals surface area contributed by atoms with Crippen molar-refractivity contribution < 1.29 is 14.6 Å². The van der Waals surface area contributed by atoms with E-state index >= 15 is 0 Å². The van der Waals surface area contributed by atoms with Gasteiger partial charge < -0.3 is 20.5 Å². The maximum atomic E-state index is 11.7. The highest BCUT2D eigenvalue weighted by atomic mass is 16.5. The van der Waals surface area contributed by atoms with Gasteiger partial charge in [-0.05, 0) is 0 Å². The lowest BCUT2D eigenvalue weighted by atomic mass is 10.1. The highest BCUT2D eigenvalue weighted by Gasteiger charge is 2.25. The Balaban J connectivity index is 2.47.